The van der Waals surface area contributed by atoms with Gasteiger partial charge in [-0.3, -0.25) is 14.0 Å². The highest BCUT2D eigenvalue weighted by Crippen LogP contribution is 2.23. The molecule has 0 fully saturated rings. The molecule has 8 heteroatoms. The second-order valence-corrected chi connectivity index (χ2v) is 6.78. The summed E-state index contributed by atoms with van der Waals surface area (Å²) in [7, 11) is 0. The molecular formula is C18H15BrClN3O3. The molecule has 6 nitrogen and oxygen atoms in total. The van der Waals surface area contributed by atoms with E-state index in [0.717, 1.165) is 4.47 Å². The van der Waals surface area contributed by atoms with Crippen molar-refractivity contribution in [3.8, 4) is 0 Å². The first kappa shape index (κ1) is 18.4. The lowest BCUT2D eigenvalue weighted by molar-refractivity contribution is -0.142. The van der Waals surface area contributed by atoms with Crippen LogP contribution in [0.4, 0.5) is 5.82 Å². The fraction of sp³-hybridized carbons (Fsp3) is 0.167. The third-order valence-corrected chi connectivity index (χ3v) is 4.33. The number of fused-ring (bicyclic) bond motifs is 1. The smallest absolute Gasteiger partial charge is 0.312 e. The van der Waals surface area contributed by atoms with Crippen LogP contribution in [0.15, 0.2) is 47.1 Å². The average molecular weight is 437 g/mol. The van der Waals surface area contributed by atoms with E-state index in [1.165, 1.54) is 0 Å². The van der Waals surface area contributed by atoms with Crippen molar-refractivity contribution < 1.29 is 14.3 Å². The SMILES string of the molecule is CCOC(=O)Cc1nc2ccc(Br)cn2c1NC(=O)c1ccc(Cl)cc1. The molecule has 0 spiro atoms. The van der Waals surface area contributed by atoms with Crippen molar-refractivity contribution >= 4 is 50.9 Å². The van der Waals surface area contributed by atoms with Gasteiger partial charge in [-0.1, -0.05) is 11.6 Å². The van der Waals surface area contributed by atoms with Crippen molar-refractivity contribution in [3.05, 3.63) is 63.3 Å². The van der Waals surface area contributed by atoms with Crippen LogP contribution in [0.25, 0.3) is 5.65 Å². The molecule has 134 valence electrons. The number of aromatic nitrogens is 2. The fourth-order valence-corrected chi connectivity index (χ4v) is 2.92. The predicted molar refractivity (Wildman–Crippen MR) is 103 cm³/mol. The summed E-state index contributed by atoms with van der Waals surface area (Å²) in [5.74, 6) is -0.306. The number of pyridine rings is 1. The summed E-state index contributed by atoms with van der Waals surface area (Å²) in [6, 6.07) is 10.2. The number of esters is 1. The Morgan fingerprint density at radius 3 is 2.65 bits per heavy atom. The zero-order chi connectivity index (χ0) is 18.7. The number of ether oxygens (including phenoxy) is 1. The van der Waals surface area contributed by atoms with Crippen molar-refractivity contribution in [2.45, 2.75) is 13.3 Å². The minimum atomic E-state index is -0.406. The Morgan fingerprint density at radius 1 is 1.23 bits per heavy atom. The van der Waals surface area contributed by atoms with Crippen LogP contribution in [0, 0.1) is 0 Å². The first-order chi connectivity index (χ1) is 12.5. The van der Waals surface area contributed by atoms with Gasteiger partial charge in [-0.05, 0) is 59.3 Å². The number of halogens is 2. The van der Waals surface area contributed by atoms with E-state index in [1.807, 2.05) is 6.07 Å². The Hall–Kier alpha value is -2.38. The number of imidazole rings is 1. The number of carbonyl (C=O) groups excluding carboxylic acids is 2. The molecule has 1 amide bonds. The van der Waals surface area contributed by atoms with E-state index in [2.05, 4.69) is 26.2 Å². The highest BCUT2D eigenvalue weighted by atomic mass is 79.9. The molecule has 0 aliphatic carbocycles. The van der Waals surface area contributed by atoms with Crippen LogP contribution in [0.3, 0.4) is 0 Å². The van der Waals surface area contributed by atoms with Crippen molar-refractivity contribution in [2.24, 2.45) is 0 Å². The van der Waals surface area contributed by atoms with Gasteiger partial charge in [-0.2, -0.15) is 0 Å². The van der Waals surface area contributed by atoms with Gasteiger partial charge >= 0.3 is 5.97 Å². The first-order valence-corrected chi connectivity index (χ1v) is 9.04. The predicted octanol–water partition coefficient (Wildman–Crippen LogP) is 4.11. The van der Waals surface area contributed by atoms with Gasteiger partial charge in [-0.25, -0.2) is 4.98 Å². The Kier molecular flexibility index (Phi) is 5.58. The Labute approximate surface area is 163 Å². The van der Waals surface area contributed by atoms with Crippen LogP contribution in [0.1, 0.15) is 23.0 Å². The summed E-state index contributed by atoms with van der Waals surface area (Å²) >= 11 is 9.27. The van der Waals surface area contributed by atoms with Gasteiger partial charge in [0.05, 0.1) is 18.7 Å². The lowest BCUT2D eigenvalue weighted by Crippen LogP contribution is -2.16. The molecular weight excluding hydrogens is 422 g/mol. The highest BCUT2D eigenvalue weighted by Gasteiger charge is 2.19. The molecule has 0 bridgehead atoms. The number of rotatable bonds is 5. The monoisotopic (exact) mass is 435 g/mol. The minimum absolute atomic E-state index is 0.0383. The van der Waals surface area contributed by atoms with Crippen LogP contribution in [0.2, 0.25) is 5.02 Å². The van der Waals surface area contributed by atoms with Gasteiger partial charge < -0.3 is 10.1 Å². The standard InChI is InChI=1S/C18H15BrClN3O3/c1-2-26-16(24)9-14-17(23-10-12(19)5-8-15(23)21-14)22-18(25)11-3-6-13(20)7-4-11/h3-8,10H,2,9H2,1H3,(H,22,25). The lowest BCUT2D eigenvalue weighted by Gasteiger charge is -2.08. The summed E-state index contributed by atoms with van der Waals surface area (Å²) in [6.45, 7) is 2.02. The molecule has 3 rings (SSSR count). The topological polar surface area (TPSA) is 72.7 Å². The lowest BCUT2D eigenvalue weighted by atomic mass is 10.2. The molecule has 2 aromatic heterocycles. The van der Waals surface area contributed by atoms with E-state index >= 15 is 0 Å². The van der Waals surface area contributed by atoms with Gasteiger partial charge in [0.1, 0.15) is 11.5 Å². The molecule has 1 aromatic carbocycles. The number of hydrogen-bond acceptors (Lipinski definition) is 4. The minimum Gasteiger partial charge on any atom is -0.466 e. The maximum absolute atomic E-state index is 12.6. The van der Waals surface area contributed by atoms with Gasteiger partial charge in [0.2, 0.25) is 0 Å². The van der Waals surface area contributed by atoms with Crippen molar-refractivity contribution in [1.29, 1.82) is 0 Å². The van der Waals surface area contributed by atoms with Gasteiger partial charge in [0.15, 0.2) is 0 Å². The molecule has 0 radical (unpaired) electrons. The van der Waals surface area contributed by atoms with Crippen molar-refractivity contribution in [1.82, 2.24) is 9.38 Å². The zero-order valence-electron chi connectivity index (χ0n) is 13.8. The van der Waals surface area contributed by atoms with E-state index in [-0.39, 0.29) is 18.9 Å². The van der Waals surface area contributed by atoms with Crippen LogP contribution in [-0.4, -0.2) is 27.9 Å². The second-order valence-electron chi connectivity index (χ2n) is 5.43. The molecule has 2 heterocycles. The Balaban J connectivity index is 1.98. The maximum Gasteiger partial charge on any atom is 0.312 e. The summed E-state index contributed by atoms with van der Waals surface area (Å²) < 4.78 is 7.53. The number of nitrogens with zero attached hydrogens (tertiary/aromatic N) is 2. The van der Waals surface area contributed by atoms with E-state index in [1.54, 1.807) is 47.9 Å². The third-order valence-electron chi connectivity index (χ3n) is 3.61. The van der Waals surface area contributed by atoms with E-state index < -0.39 is 5.97 Å². The van der Waals surface area contributed by atoms with Crippen LogP contribution in [0.5, 0.6) is 0 Å². The Morgan fingerprint density at radius 2 is 1.96 bits per heavy atom. The summed E-state index contributed by atoms with van der Waals surface area (Å²) in [6.07, 6.45) is 1.73. The zero-order valence-corrected chi connectivity index (χ0v) is 16.2. The van der Waals surface area contributed by atoms with Gasteiger partial charge in [-0.15, -0.1) is 0 Å². The molecule has 3 aromatic rings. The second kappa shape index (κ2) is 7.88. The molecule has 26 heavy (non-hydrogen) atoms. The molecule has 0 aliphatic rings. The molecule has 0 saturated carbocycles. The molecule has 1 N–H and O–H groups in total. The average Bonchev–Trinajstić information content (AvgIpc) is 2.92. The largest absolute Gasteiger partial charge is 0.466 e. The quantitative estimate of drug-likeness (QED) is 0.611. The highest BCUT2D eigenvalue weighted by molar-refractivity contribution is 9.10. The fourth-order valence-electron chi connectivity index (χ4n) is 2.45. The number of anilines is 1. The number of carbonyl (C=O) groups is 2. The number of nitrogens with one attached hydrogen (secondary N) is 1. The normalized spacial score (nSPS) is 10.7. The van der Waals surface area contributed by atoms with E-state index in [9.17, 15) is 9.59 Å². The van der Waals surface area contributed by atoms with Crippen LogP contribution < -0.4 is 5.32 Å². The van der Waals surface area contributed by atoms with Crippen molar-refractivity contribution in [2.75, 3.05) is 11.9 Å². The Bertz CT molecular complexity index is 970. The molecule has 0 saturated heterocycles. The number of hydrogen-bond donors (Lipinski definition) is 1. The third kappa shape index (κ3) is 4.05. The van der Waals surface area contributed by atoms with E-state index in [0.29, 0.717) is 27.7 Å². The van der Waals surface area contributed by atoms with Gasteiger partial charge in [0.25, 0.3) is 5.91 Å². The van der Waals surface area contributed by atoms with Crippen molar-refractivity contribution in [3.63, 3.8) is 0 Å². The number of benzene rings is 1. The molecule has 0 unspecified atom stereocenters. The van der Waals surface area contributed by atoms with E-state index in [4.69, 9.17) is 16.3 Å². The van der Waals surface area contributed by atoms with Crippen LogP contribution >= 0.6 is 27.5 Å². The summed E-state index contributed by atoms with van der Waals surface area (Å²) in [5, 5.41) is 3.38. The molecule has 0 aliphatic heterocycles. The van der Waals surface area contributed by atoms with Gasteiger partial charge in [0, 0.05) is 21.3 Å². The number of amides is 1. The van der Waals surface area contributed by atoms with Crippen LogP contribution in [-0.2, 0) is 16.0 Å². The molecule has 0 atom stereocenters. The first-order valence-electron chi connectivity index (χ1n) is 7.87. The maximum atomic E-state index is 12.6. The summed E-state index contributed by atoms with van der Waals surface area (Å²) in [5.41, 5.74) is 1.49. The summed E-state index contributed by atoms with van der Waals surface area (Å²) in [4.78, 5) is 28.9.